The second-order valence-corrected chi connectivity index (χ2v) is 3.89. The lowest BCUT2D eigenvalue weighted by Crippen LogP contribution is -2.34. The SMILES string of the molecule is c1cc(CCC2CCCCN2)ncn1. The molecule has 1 aliphatic heterocycles. The minimum Gasteiger partial charge on any atom is -0.314 e. The quantitative estimate of drug-likeness (QED) is 0.787. The molecule has 2 heterocycles. The Labute approximate surface area is 85.0 Å². The smallest absolute Gasteiger partial charge is 0.115 e. The summed E-state index contributed by atoms with van der Waals surface area (Å²) in [5.41, 5.74) is 1.16. The van der Waals surface area contributed by atoms with E-state index in [1.54, 1.807) is 6.33 Å². The Morgan fingerprint density at radius 1 is 1.43 bits per heavy atom. The van der Waals surface area contributed by atoms with Crippen molar-refractivity contribution >= 4 is 0 Å². The van der Waals surface area contributed by atoms with E-state index in [1.807, 2.05) is 12.3 Å². The lowest BCUT2D eigenvalue weighted by Gasteiger charge is -2.23. The maximum Gasteiger partial charge on any atom is 0.115 e. The molecule has 1 atom stereocenters. The highest BCUT2D eigenvalue weighted by atomic mass is 14.9. The summed E-state index contributed by atoms with van der Waals surface area (Å²) in [5, 5.41) is 3.55. The zero-order valence-electron chi connectivity index (χ0n) is 8.45. The van der Waals surface area contributed by atoms with E-state index in [4.69, 9.17) is 0 Å². The third-order valence-corrected chi connectivity index (χ3v) is 2.80. The van der Waals surface area contributed by atoms with Crippen LogP contribution in [0.1, 0.15) is 31.4 Å². The summed E-state index contributed by atoms with van der Waals surface area (Å²) in [7, 11) is 0. The molecule has 3 heteroatoms. The monoisotopic (exact) mass is 191 g/mol. The average Bonchev–Trinajstić information content (AvgIpc) is 2.29. The van der Waals surface area contributed by atoms with E-state index in [1.165, 1.54) is 32.2 Å². The van der Waals surface area contributed by atoms with Crippen molar-refractivity contribution in [2.45, 2.75) is 38.1 Å². The fourth-order valence-electron chi connectivity index (χ4n) is 1.96. The molecule has 0 aliphatic carbocycles. The molecule has 1 unspecified atom stereocenters. The molecule has 14 heavy (non-hydrogen) atoms. The van der Waals surface area contributed by atoms with Crippen LogP contribution < -0.4 is 5.32 Å². The number of nitrogens with one attached hydrogen (secondary N) is 1. The van der Waals surface area contributed by atoms with Crippen LogP contribution in [-0.4, -0.2) is 22.6 Å². The number of aromatic nitrogens is 2. The first kappa shape index (κ1) is 9.59. The molecule has 0 aromatic carbocycles. The van der Waals surface area contributed by atoms with E-state index >= 15 is 0 Å². The number of hydrogen-bond acceptors (Lipinski definition) is 3. The fraction of sp³-hybridized carbons (Fsp3) is 0.636. The van der Waals surface area contributed by atoms with Crippen molar-refractivity contribution < 1.29 is 0 Å². The van der Waals surface area contributed by atoms with E-state index in [9.17, 15) is 0 Å². The highest BCUT2D eigenvalue weighted by Crippen LogP contribution is 2.11. The Kier molecular flexibility index (Phi) is 3.46. The van der Waals surface area contributed by atoms with Crippen molar-refractivity contribution in [1.29, 1.82) is 0 Å². The Morgan fingerprint density at radius 2 is 2.43 bits per heavy atom. The minimum absolute atomic E-state index is 0.707. The second-order valence-electron chi connectivity index (χ2n) is 3.89. The van der Waals surface area contributed by atoms with Gasteiger partial charge in [0.1, 0.15) is 6.33 Å². The van der Waals surface area contributed by atoms with Gasteiger partial charge >= 0.3 is 0 Å². The molecule has 1 aromatic rings. The number of nitrogens with zero attached hydrogens (tertiary/aromatic N) is 2. The lowest BCUT2D eigenvalue weighted by molar-refractivity contribution is 0.382. The predicted octanol–water partition coefficient (Wildman–Crippen LogP) is 1.55. The highest BCUT2D eigenvalue weighted by Gasteiger charge is 2.11. The fourth-order valence-corrected chi connectivity index (χ4v) is 1.96. The second kappa shape index (κ2) is 5.05. The van der Waals surface area contributed by atoms with Gasteiger partial charge < -0.3 is 5.32 Å². The van der Waals surface area contributed by atoms with Gasteiger partial charge in [-0.1, -0.05) is 6.42 Å². The van der Waals surface area contributed by atoms with Gasteiger partial charge in [-0.15, -0.1) is 0 Å². The van der Waals surface area contributed by atoms with Gasteiger partial charge in [-0.05, 0) is 38.3 Å². The molecule has 0 spiro atoms. The molecule has 0 bridgehead atoms. The van der Waals surface area contributed by atoms with Crippen LogP contribution in [0, 0.1) is 0 Å². The van der Waals surface area contributed by atoms with Crippen LogP contribution in [0.15, 0.2) is 18.6 Å². The van der Waals surface area contributed by atoms with E-state index in [2.05, 4.69) is 15.3 Å². The van der Waals surface area contributed by atoms with Crippen LogP contribution in [0.25, 0.3) is 0 Å². The van der Waals surface area contributed by atoms with E-state index in [0.717, 1.165) is 12.1 Å². The first-order valence-electron chi connectivity index (χ1n) is 5.43. The molecule has 1 aromatic heterocycles. The molecule has 1 N–H and O–H groups in total. The topological polar surface area (TPSA) is 37.8 Å². The lowest BCUT2D eigenvalue weighted by atomic mass is 10.00. The normalized spacial score (nSPS) is 22.1. The largest absolute Gasteiger partial charge is 0.314 e. The van der Waals surface area contributed by atoms with Crippen molar-refractivity contribution in [2.75, 3.05) is 6.54 Å². The summed E-state index contributed by atoms with van der Waals surface area (Å²) in [5.74, 6) is 0. The van der Waals surface area contributed by atoms with Gasteiger partial charge in [0.05, 0.1) is 0 Å². The van der Waals surface area contributed by atoms with Crippen LogP contribution in [0.5, 0.6) is 0 Å². The maximum atomic E-state index is 4.22. The molecule has 1 aliphatic rings. The zero-order valence-corrected chi connectivity index (χ0v) is 8.45. The summed E-state index contributed by atoms with van der Waals surface area (Å²) in [6.45, 7) is 1.19. The number of aryl methyl sites for hydroxylation is 1. The minimum atomic E-state index is 0.707. The predicted molar refractivity (Wildman–Crippen MR) is 56.0 cm³/mol. The number of piperidine rings is 1. The molecule has 1 fully saturated rings. The molecular weight excluding hydrogens is 174 g/mol. The molecule has 0 radical (unpaired) electrons. The van der Waals surface area contributed by atoms with Gasteiger partial charge in [0.2, 0.25) is 0 Å². The van der Waals surface area contributed by atoms with E-state index in [0.29, 0.717) is 6.04 Å². The first-order chi connectivity index (χ1) is 6.95. The Morgan fingerprint density at radius 3 is 3.14 bits per heavy atom. The summed E-state index contributed by atoms with van der Waals surface area (Å²) in [4.78, 5) is 8.14. The van der Waals surface area contributed by atoms with Crippen LogP contribution in [0.3, 0.4) is 0 Å². The van der Waals surface area contributed by atoms with Crippen LogP contribution in [0.2, 0.25) is 0 Å². The average molecular weight is 191 g/mol. The van der Waals surface area contributed by atoms with E-state index < -0.39 is 0 Å². The standard InChI is InChI=1S/C11H17N3/c1-2-7-13-10(3-1)4-5-11-6-8-12-9-14-11/h6,8-10,13H,1-5,7H2. The molecule has 0 saturated carbocycles. The van der Waals surface area contributed by atoms with Crippen molar-refractivity contribution in [3.63, 3.8) is 0 Å². The van der Waals surface area contributed by atoms with Gasteiger partial charge in [-0.25, -0.2) is 9.97 Å². The third-order valence-electron chi connectivity index (χ3n) is 2.80. The van der Waals surface area contributed by atoms with Gasteiger partial charge in [-0.2, -0.15) is 0 Å². The number of rotatable bonds is 3. The zero-order chi connectivity index (χ0) is 9.64. The third kappa shape index (κ3) is 2.77. The van der Waals surface area contributed by atoms with Crippen LogP contribution >= 0.6 is 0 Å². The van der Waals surface area contributed by atoms with E-state index in [-0.39, 0.29) is 0 Å². The first-order valence-corrected chi connectivity index (χ1v) is 5.43. The number of hydrogen-bond donors (Lipinski definition) is 1. The van der Waals surface area contributed by atoms with Crippen LogP contribution in [-0.2, 0) is 6.42 Å². The molecule has 1 saturated heterocycles. The maximum absolute atomic E-state index is 4.22. The van der Waals surface area contributed by atoms with Crippen molar-refractivity contribution in [3.8, 4) is 0 Å². The Bertz CT molecular complexity index is 254. The molecule has 76 valence electrons. The van der Waals surface area contributed by atoms with Crippen molar-refractivity contribution in [1.82, 2.24) is 15.3 Å². The van der Waals surface area contributed by atoms with Gasteiger partial charge in [0, 0.05) is 17.9 Å². The summed E-state index contributed by atoms with van der Waals surface area (Å²) >= 11 is 0. The Balaban J connectivity index is 1.76. The van der Waals surface area contributed by atoms with Gasteiger partial charge in [0.25, 0.3) is 0 Å². The molecule has 3 nitrogen and oxygen atoms in total. The molecule has 2 rings (SSSR count). The van der Waals surface area contributed by atoms with Gasteiger partial charge in [-0.3, -0.25) is 0 Å². The Hall–Kier alpha value is -0.960. The van der Waals surface area contributed by atoms with Gasteiger partial charge in [0.15, 0.2) is 0 Å². The summed E-state index contributed by atoms with van der Waals surface area (Å²) in [6, 6.07) is 2.71. The van der Waals surface area contributed by atoms with Crippen molar-refractivity contribution in [3.05, 3.63) is 24.3 Å². The molecular formula is C11H17N3. The highest BCUT2D eigenvalue weighted by molar-refractivity contribution is 4.98. The van der Waals surface area contributed by atoms with Crippen LogP contribution in [0.4, 0.5) is 0 Å². The summed E-state index contributed by atoms with van der Waals surface area (Å²) < 4.78 is 0. The van der Waals surface area contributed by atoms with Crippen molar-refractivity contribution in [2.24, 2.45) is 0 Å². The molecule has 0 amide bonds. The summed E-state index contributed by atoms with van der Waals surface area (Å²) in [6.07, 6.45) is 9.76.